The van der Waals surface area contributed by atoms with Crippen LogP contribution >= 0.6 is 0 Å². The van der Waals surface area contributed by atoms with E-state index in [1.165, 1.54) is 19.1 Å². The highest BCUT2D eigenvalue weighted by Crippen LogP contribution is 2.27. The van der Waals surface area contributed by atoms with Gasteiger partial charge in [0.05, 0.1) is 21.3 Å². The number of carbonyl (C=O) groups is 2. The van der Waals surface area contributed by atoms with Crippen molar-refractivity contribution in [3.05, 3.63) is 48.0 Å². The molecule has 8 nitrogen and oxygen atoms in total. The number of nitrogens with zero attached hydrogens (tertiary/aromatic N) is 1. The molecule has 2 amide bonds. The molecule has 0 heterocycles. The first-order valence-electron chi connectivity index (χ1n) is 10.8. The van der Waals surface area contributed by atoms with Crippen LogP contribution in [0.15, 0.2) is 42.5 Å². The van der Waals surface area contributed by atoms with Crippen molar-refractivity contribution >= 4 is 11.8 Å². The Morgan fingerprint density at radius 2 is 1.39 bits per heavy atom. The van der Waals surface area contributed by atoms with E-state index in [9.17, 15) is 9.59 Å². The van der Waals surface area contributed by atoms with Crippen molar-refractivity contribution in [3.63, 3.8) is 0 Å². The van der Waals surface area contributed by atoms with E-state index in [4.69, 9.17) is 18.9 Å². The topological polar surface area (TPSA) is 86.3 Å². The van der Waals surface area contributed by atoms with E-state index in [2.05, 4.69) is 5.32 Å². The summed E-state index contributed by atoms with van der Waals surface area (Å²) in [5.41, 5.74) is 0.871. The van der Waals surface area contributed by atoms with Gasteiger partial charge >= 0.3 is 0 Å². The molecule has 0 aliphatic carbocycles. The summed E-state index contributed by atoms with van der Waals surface area (Å²) >= 11 is 0. The van der Waals surface area contributed by atoms with Crippen LogP contribution in [0.1, 0.15) is 26.3 Å². The van der Waals surface area contributed by atoms with Gasteiger partial charge in [0.2, 0.25) is 5.91 Å². The van der Waals surface area contributed by atoms with Crippen molar-refractivity contribution in [2.24, 2.45) is 5.92 Å². The Bertz CT molecular complexity index is 891. The van der Waals surface area contributed by atoms with E-state index in [0.29, 0.717) is 29.7 Å². The van der Waals surface area contributed by atoms with Crippen molar-refractivity contribution in [3.8, 4) is 23.0 Å². The third-order valence-electron chi connectivity index (χ3n) is 5.05. The van der Waals surface area contributed by atoms with Gasteiger partial charge in [-0.3, -0.25) is 9.59 Å². The molecule has 0 bridgehead atoms. The molecule has 33 heavy (non-hydrogen) atoms. The van der Waals surface area contributed by atoms with E-state index in [0.717, 1.165) is 11.3 Å². The Morgan fingerprint density at radius 1 is 0.848 bits per heavy atom. The second-order valence-electron chi connectivity index (χ2n) is 8.02. The van der Waals surface area contributed by atoms with Crippen LogP contribution in [0.2, 0.25) is 0 Å². The summed E-state index contributed by atoms with van der Waals surface area (Å²) < 4.78 is 21.4. The fourth-order valence-corrected chi connectivity index (χ4v) is 3.06. The molecule has 2 rings (SSSR count). The molecule has 1 N–H and O–H groups in total. The summed E-state index contributed by atoms with van der Waals surface area (Å²) in [6.45, 7) is 6.29. The van der Waals surface area contributed by atoms with Crippen molar-refractivity contribution in [1.82, 2.24) is 10.2 Å². The van der Waals surface area contributed by atoms with Gasteiger partial charge in [-0.1, -0.05) is 26.0 Å². The Balaban J connectivity index is 2.18. The number of hydrogen-bond donors (Lipinski definition) is 1. The molecule has 0 fully saturated rings. The highest BCUT2D eigenvalue weighted by Gasteiger charge is 2.26. The molecule has 8 heteroatoms. The van der Waals surface area contributed by atoms with E-state index in [-0.39, 0.29) is 25.0 Å². The number of methoxy groups -OCH3 is 3. The van der Waals surface area contributed by atoms with Crippen molar-refractivity contribution < 1.29 is 28.5 Å². The van der Waals surface area contributed by atoms with Gasteiger partial charge in [0.15, 0.2) is 6.61 Å². The molecule has 0 saturated heterocycles. The molecular weight excluding hydrogens is 424 g/mol. The third kappa shape index (κ3) is 7.89. The summed E-state index contributed by atoms with van der Waals surface area (Å²) in [7, 11) is 4.67. The highest BCUT2D eigenvalue weighted by atomic mass is 16.5. The number of benzene rings is 2. The van der Waals surface area contributed by atoms with Crippen LogP contribution in [0.4, 0.5) is 0 Å². The number of ether oxygens (including phenoxy) is 4. The largest absolute Gasteiger partial charge is 0.497 e. The fraction of sp³-hybridized carbons (Fsp3) is 0.440. The van der Waals surface area contributed by atoms with E-state index in [1.54, 1.807) is 32.2 Å². The fourth-order valence-electron chi connectivity index (χ4n) is 3.06. The quantitative estimate of drug-likeness (QED) is 0.525. The summed E-state index contributed by atoms with van der Waals surface area (Å²) in [5.74, 6) is 2.02. The maximum Gasteiger partial charge on any atom is 0.261 e. The number of rotatable bonds is 12. The Kier molecular flexibility index (Phi) is 9.84. The van der Waals surface area contributed by atoms with Gasteiger partial charge in [0.1, 0.15) is 29.0 Å². The van der Waals surface area contributed by atoms with Crippen molar-refractivity contribution in [2.45, 2.75) is 33.4 Å². The molecule has 0 saturated carbocycles. The second-order valence-corrected chi connectivity index (χ2v) is 8.02. The Labute approximate surface area is 195 Å². The average Bonchev–Trinajstić information content (AvgIpc) is 2.83. The normalized spacial score (nSPS) is 11.5. The third-order valence-corrected chi connectivity index (χ3v) is 5.05. The molecule has 0 aliphatic heterocycles. The SMILES string of the molecule is COc1ccc(CN(C(=O)COc2cc(OC)cc(OC)c2)[C@H](C)C(=O)NCC(C)C)cc1. The summed E-state index contributed by atoms with van der Waals surface area (Å²) in [4.78, 5) is 27.4. The Hall–Kier alpha value is -3.42. The van der Waals surface area contributed by atoms with Gasteiger partial charge in [0.25, 0.3) is 5.91 Å². The molecule has 0 radical (unpaired) electrons. The van der Waals surface area contributed by atoms with Gasteiger partial charge in [-0.25, -0.2) is 0 Å². The number of hydrogen-bond acceptors (Lipinski definition) is 6. The molecule has 0 spiro atoms. The molecule has 2 aromatic carbocycles. The van der Waals surface area contributed by atoms with Gasteiger partial charge in [-0.2, -0.15) is 0 Å². The predicted octanol–water partition coefficient (Wildman–Crippen LogP) is 3.28. The van der Waals surface area contributed by atoms with Crippen LogP contribution in [-0.4, -0.2) is 57.2 Å². The van der Waals surface area contributed by atoms with Crippen LogP contribution in [0.25, 0.3) is 0 Å². The first-order chi connectivity index (χ1) is 15.8. The van der Waals surface area contributed by atoms with Crippen LogP contribution in [0.5, 0.6) is 23.0 Å². The zero-order valence-corrected chi connectivity index (χ0v) is 20.2. The molecule has 0 aliphatic rings. The van der Waals surface area contributed by atoms with Crippen LogP contribution in [0.3, 0.4) is 0 Å². The monoisotopic (exact) mass is 458 g/mol. The lowest BCUT2D eigenvalue weighted by molar-refractivity contribution is -0.142. The zero-order valence-electron chi connectivity index (χ0n) is 20.2. The smallest absolute Gasteiger partial charge is 0.261 e. The minimum absolute atomic E-state index is 0.214. The van der Waals surface area contributed by atoms with E-state index >= 15 is 0 Å². The lowest BCUT2D eigenvalue weighted by Crippen LogP contribution is -2.49. The maximum atomic E-state index is 13.2. The minimum Gasteiger partial charge on any atom is -0.497 e. The van der Waals surface area contributed by atoms with Crippen molar-refractivity contribution in [1.29, 1.82) is 0 Å². The van der Waals surface area contributed by atoms with E-state index in [1.807, 2.05) is 38.1 Å². The molecule has 2 aromatic rings. The lowest BCUT2D eigenvalue weighted by atomic mass is 10.1. The molecule has 0 unspecified atom stereocenters. The maximum absolute atomic E-state index is 13.2. The highest BCUT2D eigenvalue weighted by molar-refractivity contribution is 5.88. The Morgan fingerprint density at radius 3 is 1.91 bits per heavy atom. The summed E-state index contributed by atoms with van der Waals surface area (Å²) in [6, 6.07) is 11.7. The average molecular weight is 459 g/mol. The van der Waals surface area contributed by atoms with E-state index < -0.39 is 6.04 Å². The van der Waals surface area contributed by atoms with Gasteiger partial charge in [0, 0.05) is 31.3 Å². The molecule has 0 aromatic heterocycles. The summed E-state index contributed by atoms with van der Waals surface area (Å²) in [5, 5.41) is 2.90. The number of carbonyl (C=O) groups excluding carboxylic acids is 2. The predicted molar refractivity (Wildman–Crippen MR) is 126 cm³/mol. The van der Waals surface area contributed by atoms with Crippen molar-refractivity contribution in [2.75, 3.05) is 34.5 Å². The van der Waals surface area contributed by atoms with Crippen LogP contribution in [-0.2, 0) is 16.1 Å². The number of amides is 2. The van der Waals surface area contributed by atoms with Crippen LogP contribution < -0.4 is 24.3 Å². The van der Waals surface area contributed by atoms with Gasteiger partial charge < -0.3 is 29.2 Å². The molecule has 1 atom stereocenters. The zero-order chi connectivity index (χ0) is 24.4. The van der Waals surface area contributed by atoms with Gasteiger partial charge in [-0.15, -0.1) is 0 Å². The molecular formula is C25H34N2O6. The first kappa shape index (κ1) is 25.8. The second kappa shape index (κ2) is 12.6. The standard InChI is InChI=1S/C25H34N2O6/c1-17(2)14-26-25(29)18(3)27(15-19-7-9-20(30-4)10-8-19)24(28)16-33-23-12-21(31-5)11-22(13-23)32-6/h7-13,17-18H,14-16H2,1-6H3,(H,26,29)/t18-/m1/s1. The summed E-state index contributed by atoms with van der Waals surface area (Å²) in [6.07, 6.45) is 0. The minimum atomic E-state index is -0.679. The number of nitrogens with one attached hydrogen (secondary N) is 1. The lowest BCUT2D eigenvalue weighted by Gasteiger charge is -2.29. The first-order valence-corrected chi connectivity index (χ1v) is 10.8. The van der Waals surface area contributed by atoms with Gasteiger partial charge in [-0.05, 0) is 30.5 Å². The van der Waals surface area contributed by atoms with Crippen LogP contribution in [0, 0.1) is 5.92 Å². The molecule has 180 valence electrons.